The van der Waals surface area contributed by atoms with Crippen LogP contribution in [0.4, 0.5) is 0 Å². The van der Waals surface area contributed by atoms with Crippen LogP contribution in [0.5, 0.6) is 0 Å². The van der Waals surface area contributed by atoms with Crippen LogP contribution in [-0.2, 0) is 0 Å². The van der Waals surface area contributed by atoms with Gasteiger partial charge in [-0.2, -0.15) is 0 Å². The van der Waals surface area contributed by atoms with Gasteiger partial charge in [0, 0.05) is 6.04 Å². The molecule has 3 nitrogen and oxygen atoms in total. The Morgan fingerprint density at radius 1 is 1.44 bits per heavy atom. The zero-order valence-corrected chi connectivity index (χ0v) is 5.33. The van der Waals surface area contributed by atoms with E-state index < -0.39 is 6.29 Å². The predicted octanol–water partition coefficient (Wildman–Crippen LogP) is -0.409. The molecule has 0 aliphatic rings. The Morgan fingerprint density at radius 3 is 2.33 bits per heavy atom. The number of hydrogen-bond acceptors (Lipinski definition) is 3. The molecule has 3 heteroatoms. The molecular weight excluding hydrogens is 118 g/mol. The third-order valence-electron chi connectivity index (χ3n) is 1.06. The summed E-state index contributed by atoms with van der Waals surface area (Å²) in [6.07, 6.45) is 1.23. The minimum atomic E-state index is -1.24. The maximum Gasteiger partial charge on any atom is 0.151 e. The number of rotatable bonds is 4. The van der Waals surface area contributed by atoms with Crippen LogP contribution in [0.1, 0.15) is 12.8 Å². The molecule has 4 N–H and O–H groups in total. The first-order valence-corrected chi connectivity index (χ1v) is 2.91. The highest BCUT2D eigenvalue weighted by atomic mass is 16.5. The zero-order valence-electron chi connectivity index (χ0n) is 5.33. The van der Waals surface area contributed by atoms with Crippen LogP contribution in [0.25, 0.3) is 0 Å². The Labute approximate surface area is 54.8 Å². The average Bonchev–Trinajstić information content (AvgIpc) is 1.83. The maximum absolute atomic E-state index is 8.36. The first-order chi connectivity index (χ1) is 4.16. The van der Waals surface area contributed by atoms with Gasteiger partial charge in [0.25, 0.3) is 0 Å². The van der Waals surface area contributed by atoms with Crippen LogP contribution in [-0.4, -0.2) is 22.5 Å². The molecule has 0 aromatic heterocycles. The normalized spacial score (nSPS) is 13.8. The summed E-state index contributed by atoms with van der Waals surface area (Å²) >= 11 is 0. The molecule has 0 rings (SSSR count). The molecule has 0 spiro atoms. The lowest BCUT2D eigenvalue weighted by molar-refractivity contribution is -0.0466. The lowest BCUT2D eigenvalue weighted by Crippen LogP contribution is -2.18. The van der Waals surface area contributed by atoms with E-state index >= 15 is 0 Å². The molecule has 9 heavy (non-hydrogen) atoms. The molecule has 0 saturated carbocycles. The van der Waals surface area contributed by atoms with Crippen LogP contribution < -0.4 is 5.73 Å². The van der Waals surface area contributed by atoms with Gasteiger partial charge in [0.15, 0.2) is 6.29 Å². The van der Waals surface area contributed by atoms with Crippen molar-refractivity contribution >= 4 is 0 Å². The van der Waals surface area contributed by atoms with E-state index in [1.165, 1.54) is 0 Å². The fraction of sp³-hybridized carbons (Fsp3) is 0.667. The Hall–Kier alpha value is -0.380. The van der Waals surface area contributed by atoms with E-state index in [9.17, 15) is 0 Å². The van der Waals surface area contributed by atoms with Crippen molar-refractivity contribution in [2.75, 3.05) is 0 Å². The number of aliphatic hydroxyl groups excluding tert-OH is 1. The maximum atomic E-state index is 8.36. The standard InChI is InChI=1S/C6H13NO2/c1-2-5(7)3-4-6(8)9/h2,5-6,8-9H,1,3-4,7H2. The Bertz CT molecular complexity index is 83.1. The zero-order chi connectivity index (χ0) is 7.28. The van der Waals surface area contributed by atoms with Crippen molar-refractivity contribution < 1.29 is 10.2 Å². The summed E-state index contributed by atoms with van der Waals surface area (Å²) in [5.74, 6) is 0. The van der Waals surface area contributed by atoms with E-state index in [1.807, 2.05) is 0 Å². The topological polar surface area (TPSA) is 66.5 Å². The Morgan fingerprint density at radius 2 is 2.00 bits per heavy atom. The van der Waals surface area contributed by atoms with Crippen LogP contribution >= 0.6 is 0 Å². The second-order valence-corrected chi connectivity index (χ2v) is 1.96. The van der Waals surface area contributed by atoms with Gasteiger partial charge in [-0.3, -0.25) is 0 Å². The summed E-state index contributed by atoms with van der Waals surface area (Å²) in [4.78, 5) is 0. The van der Waals surface area contributed by atoms with Gasteiger partial charge in [-0.15, -0.1) is 6.58 Å². The van der Waals surface area contributed by atoms with Crippen molar-refractivity contribution in [2.45, 2.75) is 25.2 Å². The second kappa shape index (κ2) is 4.49. The first kappa shape index (κ1) is 8.62. The smallest absolute Gasteiger partial charge is 0.151 e. The summed E-state index contributed by atoms with van der Waals surface area (Å²) in [7, 11) is 0. The van der Waals surface area contributed by atoms with Crippen molar-refractivity contribution in [1.29, 1.82) is 0 Å². The van der Waals surface area contributed by atoms with Crippen molar-refractivity contribution in [1.82, 2.24) is 0 Å². The van der Waals surface area contributed by atoms with Crippen LogP contribution in [0, 0.1) is 0 Å². The second-order valence-electron chi connectivity index (χ2n) is 1.96. The fourth-order valence-electron chi connectivity index (χ4n) is 0.459. The van der Waals surface area contributed by atoms with Crippen LogP contribution in [0.2, 0.25) is 0 Å². The van der Waals surface area contributed by atoms with E-state index in [4.69, 9.17) is 15.9 Å². The molecule has 0 aliphatic carbocycles. The molecule has 54 valence electrons. The lowest BCUT2D eigenvalue weighted by Gasteiger charge is -2.05. The van der Waals surface area contributed by atoms with Gasteiger partial charge in [-0.05, 0) is 12.8 Å². The van der Waals surface area contributed by atoms with Gasteiger partial charge in [0.05, 0.1) is 0 Å². The van der Waals surface area contributed by atoms with Gasteiger partial charge in [-0.1, -0.05) is 6.08 Å². The molecule has 0 amide bonds. The average molecular weight is 131 g/mol. The highest BCUT2D eigenvalue weighted by molar-refractivity contribution is 4.81. The van der Waals surface area contributed by atoms with E-state index in [0.29, 0.717) is 12.8 Å². The molecule has 1 atom stereocenters. The van der Waals surface area contributed by atoms with Crippen LogP contribution in [0.15, 0.2) is 12.7 Å². The summed E-state index contributed by atoms with van der Waals surface area (Å²) in [5.41, 5.74) is 5.38. The first-order valence-electron chi connectivity index (χ1n) is 2.91. The van der Waals surface area contributed by atoms with E-state index in [2.05, 4.69) is 6.58 Å². The predicted molar refractivity (Wildman–Crippen MR) is 35.6 cm³/mol. The van der Waals surface area contributed by atoms with E-state index in [0.717, 1.165) is 0 Å². The number of nitrogens with two attached hydrogens (primary N) is 1. The number of hydrogen-bond donors (Lipinski definition) is 3. The third-order valence-corrected chi connectivity index (χ3v) is 1.06. The Kier molecular flexibility index (Phi) is 4.30. The van der Waals surface area contributed by atoms with Gasteiger partial charge < -0.3 is 15.9 Å². The fourth-order valence-corrected chi connectivity index (χ4v) is 0.459. The van der Waals surface area contributed by atoms with Crippen molar-refractivity contribution in [2.24, 2.45) is 5.73 Å². The molecule has 0 aliphatic heterocycles. The highest BCUT2D eigenvalue weighted by Gasteiger charge is 2.00. The third kappa shape index (κ3) is 5.49. The quantitative estimate of drug-likeness (QED) is 0.359. The minimum Gasteiger partial charge on any atom is -0.368 e. The van der Waals surface area contributed by atoms with Gasteiger partial charge >= 0.3 is 0 Å². The monoisotopic (exact) mass is 131 g/mol. The van der Waals surface area contributed by atoms with Crippen molar-refractivity contribution in [3.8, 4) is 0 Å². The molecule has 1 unspecified atom stereocenters. The summed E-state index contributed by atoms with van der Waals surface area (Å²) < 4.78 is 0. The van der Waals surface area contributed by atoms with Gasteiger partial charge in [0.2, 0.25) is 0 Å². The molecule has 0 bridgehead atoms. The molecule has 0 saturated heterocycles. The minimum absolute atomic E-state index is 0.119. The summed E-state index contributed by atoms with van der Waals surface area (Å²) in [5, 5.41) is 16.7. The van der Waals surface area contributed by atoms with Crippen molar-refractivity contribution in [3.05, 3.63) is 12.7 Å². The molecule has 0 aromatic carbocycles. The summed E-state index contributed by atoms with van der Waals surface area (Å²) in [6.45, 7) is 3.45. The number of aliphatic hydroxyl groups is 2. The van der Waals surface area contributed by atoms with Crippen molar-refractivity contribution in [3.63, 3.8) is 0 Å². The van der Waals surface area contributed by atoms with E-state index in [-0.39, 0.29) is 6.04 Å². The largest absolute Gasteiger partial charge is 0.368 e. The highest BCUT2D eigenvalue weighted by Crippen LogP contribution is 1.97. The lowest BCUT2D eigenvalue weighted by atomic mass is 10.2. The molecular formula is C6H13NO2. The SMILES string of the molecule is C=CC(N)CCC(O)O. The molecule has 0 aromatic rings. The molecule has 0 fully saturated rings. The summed E-state index contributed by atoms with van der Waals surface area (Å²) in [6, 6.07) is -0.119. The van der Waals surface area contributed by atoms with E-state index in [1.54, 1.807) is 6.08 Å². The molecule has 0 heterocycles. The van der Waals surface area contributed by atoms with Crippen LogP contribution in [0.3, 0.4) is 0 Å². The van der Waals surface area contributed by atoms with Gasteiger partial charge in [-0.25, -0.2) is 0 Å². The van der Waals surface area contributed by atoms with Gasteiger partial charge in [0.1, 0.15) is 0 Å². The molecule has 0 radical (unpaired) electrons. The Balaban J connectivity index is 3.16.